The average molecular weight is 282 g/mol. The molecule has 0 saturated heterocycles. The standard InChI is InChI=1S/C13H18N2OS2/c1-9-11(18-13(17)15-9)8-12(16)14-7-6-10-4-2-3-5-10/h4H,2-3,5-8H2,1H3,(H,14,16)(H,15,17). The highest BCUT2D eigenvalue weighted by Crippen LogP contribution is 2.19. The number of aromatic amines is 1. The summed E-state index contributed by atoms with van der Waals surface area (Å²) in [5, 5.41) is 2.97. The van der Waals surface area contributed by atoms with Gasteiger partial charge in [0, 0.05) is 17.1 Å². The number of thiazole rings is 1. The van der Waals surface area contributed by atoms with Crippen molar-refractivity contribution in [1.82, 2.24) is 10.3 Å². The topological polar surface area (TPSA) is 44.9 Å². The third kappa shape index (κ3) is 3.78. The summed E-state index contributed by atoms with van der Waals surface area (Å²) in [5.74, 6) is 0.0851. The number of hydrogen-bond donors (Lipinski definition) is 2. The van der Waals surface area contributed by atoms with Crippen molar-refractivity contribution >= 4 is 29.5 Å². The van der Waals surface area contributed by atoms with E-state index < -0.39 is 0 Å². The first kappa shape index (κ1) is 13.5. The minimum absolute atomic E-state index is 0.0851. The van der Waals surface area contributed by atoms with Gasteiger partial charge in [-0.05, 0) is 44.8 Å². The van der Waals surface area contributed by atoms with E-state index in [0.29, 0.717) is 6.42 Å². The number of amides is 1. The van der Waals surface area contributed by atoms with Crippen molar-refractivity contribution in [2.24, 2.45) is 0 Å². The average Bonchev–Trinajstić information content (AvgIpc) is 2.90. The maximum atomic E-state index is 11.8. The Labute approximate surface area is 116 Å². The lowest BCUT2D eigenvalue weighted by molar-refractivity contribution is -0.120. The number of aromatic nitrogens is 1. The molecule has 0 unspecified atom stereocenters. The number of H-pyrrole nitrogens is 1. The monoisotopic (exact) mass is 282 g/mol. The molecule has 0 atom stereocenters. The van der Waals surface area contributed by atoms with E-state index in [1.165, 1.54) is 36.2 Å². The number of nitrogens with one attached hydrogen (secondary N) is 2. The molecule has 2 rings (SSSR count). The van der Waals surface area contributed by atoms with E-state index in [2.05, 4.69) is 16.4 Å². The van der Waals surface area contributed by atoms with Crippen LogP contribution >= 0.6 is 23.6 Å². The Morgan fingerprint density at radius 2 is 2.44 bits per heavy atom. The largest absolute Gasteiger partial charge is 0.355 e. The van der Waals surface area contributed by atoms with Gasteiger partial charge in [-0.3, -0.25) is 4.79 Å². The van der Waals surface area contributed by atoms with E-state index in [4.69, 9.17) is 12.2 Å². The van der Waals surface area contributed by atoms with Crippen molar-refractivity contribution in [3.05, 3.63) is 26.2 Å². The van der Waals surface area contributed by atoms with Gasteiger partial charge in [0.15, 0.2) is 3.95 Å². The van der Waals surface area contributed by atoms with E-state index in [9.17, 15) is 4.79 Å². The predicted octanol–water partition coefficient (Wildman–Crippen LogP) is 3.27. The molecule has 1 aliphatic carbocycles. The van der Waals surface area contributed by atoms with Gasteiger partial charge in [0.05, 0.1) is 6.42 Å². The maximum Gasteiger partial charge on any atom is 0.225 e. The van der Waals surface area contributed by atoms with Crippen molar-refractivity contribution in [3.63, 3.8) is 0 Å². The molecule has 1 aromatic heterocycles. The van der Waals surface area contributed by atoms with Crippen LogP contribution in [0.25, 0.3) is 0 Å². The molecule has 0 aromatic carbocycles. The van der Waals surface area contributed by atoms with Crippen LogP contribution in [0.2, 0.25) is 0 Å². The Hall–Kier alpha value is -0.940. The molecule has 2 N–H and O–H groups in total. The van der Waals surface area contributed by atoms with Crippen molar-refractivity contribution in [1.29, 1.82) is 0 Å². The summed E-state index contributed by atoms with van der Waals surface area (Å²) in [6.45, 7) is 2.71. The van der Waals surface area contributed by atoms with Gasteiger partial charge in [-0.25, -0.2) is 0 Å². The number of hydrogen-bond acceptors (Lipinski definition) is 3. The van der Waals surface area contributed by atoms with E-state index in [1.54, 1.807) is 0 Å². The van der Waals surface area contributed by atoms with E-state index in [1.807, 2.05) is 6.92 Å². The fraction of sp³-hybridized carbons (Fsp3) is 0.538. The summed E-state index contributed by atoms with van der Waals surface area (Å²) in [5.41, 5.74) is 2.50. The smallest absolute Gasteiger partial charge is 0.225 e. The van der Waals surface area contributed by atoms with Crippen molar-refractivity contribution in [3.8, 4) is 0 Å². The molecule has 0 fully saturated rings. The molecule has 5 heteroatoms. The highest BCUT2D eigenvalue weighted by atomic mass is 32.1. The van der Waals surface area contributed by atoms with Gasteiger partial charge in [0.1, 0.15) is 0 Å². The van der Waals surface area contributed by atoms with E-state index in [-0.39, 0.29) is 5.91 Å². The summed E-state index contributed by atoms with van der Waals surface area (Å²) in [6, 6.07) is 0. The summed E-state index contributed by atoms with van der Waals surface area (Å²) in [6.07, 6.45) is 7.41. The highest BCUT2D eigenvalue weighted by Gasteiger charge is 2.09. The Balaban J connectivity index is 1.75. The summed E-state index contributed by atoms with van der Waals surface area (Å²) < 4.78 is 0.742. The molecule has 0 aliphatic heterocycles. The zero-order valence-electron chi connectivity index (χ0n) is 10.5. The van der Waals surface area contributed by atoms with E-state index >= 15 is 0 Å². The predicted molar refractivity (Wildman–Crippen MR) is 77.5 cm³/mol. The van der Waals surface area contributed by atoms with Crippen molar-refractivity contribution in [2.75, 3.05) is 6.54 Å². The van der Waals surface area contributed by atoms with Gasteiger partial charge in [0.2, 0.25) is 5.91 Å². The highest BCUT2D eigenvalue weighted by molar-refractivity contribution is 7.73. The van der Waals surface area contributed by atoms with Crippen LogP contribution in [0.3, 0.4) is 0 Å². The molecule has 1 aliphatic rings. The quantitative estimate of drug-likeness (QED) is 0.643. The molecule has 0 bridgehead atoms. The normalized spacial score (nSPS) is 14.6. The Morgan fingerprint density at radius 1 is 1.61 bits per heavy atom. The molecule has 18 heavy (non-hydrogen) atoms. The van der Waals surface area contributed by atoms with Crippen LogP contribution in [0.5, 0.6) is 0 Å². The second-order valence-corrected chi connectivity index (χ2v) is 6.37. The second-order valence-electron chi connectivity index (χ2n) is 4.59. The van der Waals surface area contributed by atoms with Crippen LogP contribution in [-0.4, -0.2) is 17.4 Å². The molecular weight excluding hydrogens is 264 g/mol. The summed E-state index contributed by atoms with van der Waals surface area (Å²) >= 11 is 6.55. The SMILES string of the molecule is Cc1[nH]c(=S)sc1CC(=O)NCCC1=CCCC1. The van der Waals surface area contributed by atoms with Crippen LogP contribution in [-0.2, 0) is 11.2 Å². The van der Waals surface area contributed by atoms with Crippen molar-refractivity contribution < 1.29 is 4.79 Å². The minimum atomic E-state index is 0.0851. The molecular formula is C13H18N2OS2. The maximum absolute atomic E-state index is 11.8. The molecule has 1 amide bonds. The van der Waals surface area contributed by atoms with Crippen molar-refractivity contribution in [2.45, 2.75) is 39.0 Å². The third-order valence-corrected chi connectivity index (χ3v) is 4.48. The van der Waals surface area contributed by atoms with E-state index in [0.717, 1.165) is 27.5 Å². The molecule has 98 valence electrons. The first-order chi connectivity index (χ1) is 8.65. The van der Waals surface area contributed by atoms with Crippen LogP contribution in [0.1, 0.15) is 36.3 Å². The van der Waals surface area contributed by atoms with Gasteiger partial charge in [-0.1, -0.05) is 11.6 Å². The van der Waals surface area contributed by atoms with Crippen LogP contribution < -0.4 is 5.32 Å². The number of aryl methyl sites for hydroxylation is 1. The fourth-order valence-corrected chi connectivity index (χ4v) is 3.43. The number of allylic oxidation sites excluding steroid dienone is 1. The second kappa shape index (κ2) is 6.29. The Kier molecular flexibility index (Phi) is 4.72. The van der Waals surface area contributed by atoms with Gasteiger partial charge in [-0.15, -0.1) is 11.3 Å². The lowest BCUT2D eigenvalue weighted by Gasteiger charge is -2.05. The zero-order chi connectivity index (χ0) is 13.0. The zero-order valence-corrected chi connectivity index (χ0v) is 12.2. The van der Waals surface area contributed by atoms with Gasteiger partial charge < -0.3 is 10.3 Å². The van der Waals surface area contributed by atoms with Gasteiger partial charge >= 0.3 is 0 Å². The molecule has 1 aromatic rings. The molecule has 0 spiro atoms. The van der Waals surface area contributed by atoms with Crippen LogP contribution in [0, 0.1) is 10.9 Å². The molecule has 3 nitrogen and oxygen atoms in total. The minimum Gasteiger partial charge on any atom is -0.355 e. The molecule has 1 heterocycles. The first-order valence-corrected chi connectivity index (χ1v) is 7.51. The Morgan fingerprint density at radius 3 is 3.06 bits per heavy atom. The Bertz CT molecular complexity index is 513. The van der Waals surface area contributed by atoms with Crippen LogP contribution in [0.4, 0.5) is 0 Å². The number of rotatable bonds is 5. The number of carbonyl (C=O) groups excluding carboxylic acids is 1. The third-order valence-electron chi connectivity index (χ3n) is 3.15. The first-order valence-electron chi connectivity index (χ1n) is 6.28. The van der Waals surface area contributed by atoms with Crippen LogP contribution in [0.15, 0.2) is 11.6 Å². The molecule has 0 saturated carbocycles. The summed E-state index contributed by atoms with van der Waals surface area (Å²) in [4.78, 5) is 15.9. The lowest BCUT2D eigenvalue weighted by Crippen LogP contribution is -2.26. The van der Waals surface area contributed by atoms with Gasteiger partial charge in [0.25, 0.3) is 0 Å². The summed E-state index contributed by atoms with van der Waals surface area (Å²) in [7, 11) is 0. The fourth-order valence-electron chi connectivity index (χ4n) is 2.14. The number of carbonyl (C=O) groups is 1. The molecule has 0 radical (unpaired) electrons. The lowest BCUT2D eigenvalue weighted by atomic mass is 10.1. The van der Waals surface area contributed by atoms with Gasteiger partial charge in [-0.2, -0.15) is 0 Å².